The molecule has 1 N–H and O–H groups in total. The van der Waals surface area contributed by atoms with Gasteiger partial charge in [-0.2, -0.15) is 0 Å². The zero-order chi connectivity index (χ0) is 25.0. The van der Waals surface area contributed by atoms with Crippen LogP contribution in [0.25, 0.3) is 0 Å². The van der Waals surface area contributed by atoms with Crippen molar-refractivity contribution in [2.75, 3.05) is 19.6 Å². The SMILES string of the molecule is O=C(CN1CCCCC1)OC(c1ccccc1)N1C(=O)NC(c2ccccc2)(c2ccccc2)C1=O. The molecular weight excluding hydrogens is 454 g/mol. The molecule has 7 heteroatoms. The minimum Gasteiger partial charge on any atom is -0.436 e. The molecule has 184 valence electrons. The average Bonchev–Trinajstić information content (AvgIpc) is 3.20. The van der Waals surface area contributed by atoms with Gasteiger partial charge in [0.1, 0.15) is 0 Å². The minimum absolute atomic E-state index is 0.121. The fourth-order valence-electron chi connectivity index (χ4n) is 5.04. The van der Waals surface area contributed by atoms with Crippen LogP contribution in [0.15, 0.2) is 91.0 Å². The maximum Gasteiger partial charge on any atom is 0.328 e. The Morgan fingerprint density at radius 2 is 1.33 bits per heavy atom. The van der Waals surface area contributed by atoms with Gasteiger partial charge < -0.3 is 10.1 Å². The molecule has 3 aromatic rings. The molecule has 1 unspecified atom stereocenters. The second kappa shape index (κ2) is 10.3. The normalized spacial score (nSPS) is 18.5. The van der Waals surface area contributed by atoms with Crippen LogP contribution >= 0.6 is 0 Å². The third-order valence-corrected chi connectivity index (χ3v) is 6.83. The highest BCUT2D eigenvalue weighted by Crippen LogP contribution is 2.39. The van der Waals surface area contributed by atoms with Gasteiger partial charge in [0.25, 0.3) is 5.91 Å². The third-order valence-electron chi connectivity index (χ3n) is 6.83. The number of carbonyl (C=O) groups is 3. The third kappa shape index (κ3) is 4.50. The molecular formula is C29H29N3O4. The zero-order valence-corrected chi connectivity index (χ0v) is 20.0. The van der Waals surface area contributed by atoms with E-state index in [0.717, 1.165) is 37.3 Å². The standard InChI is InChI=1S/C29H29N3O4/c33-25(21-31-19-11-4-12-20-31)36-26(22-13-5-1-6-14-22)32-27(34)29(30-28(32)35,23-15-7-2-8-16-23)24-17-9-3-10-18-24/h1-3,5-10,13-18,26H,4,11-12,19-21H2,(H,30,35). The summed E-state index contributed by atoms with van der Waals surface area (Å²) >= 11 is 0. The van der Waals surface area contributed by atoms with Gasteiger partial charge in [-0.3, -0.25) is 14.5 Å². The maximum atomic E-state index is 14.3. The van der Waals surface area contributed by atoms with Gasteiger partial charge in [0, 0.05) is 5.56 Å². The molecule has 36 heavy (non-hydrogen) atoms. The Kier molecular flexibility index (Phi) is 6.82. The molecule has 2 fully saturated rings. The summed E-state index contributed by atoms with van der Waals surface area (Å²) in [6.45, 7) is 1.79. The number of ether oxygens (including phenoxy) is 1. The lowest BCUT2D eigenvalue weighted by molar-refractivity contribution is -0.162. The van der Waals surface area contributed by atoms with Crippen LogP contribution in [-0.4, -0.2) is 47.3 Å². The molecule has 5 rings (SSSR count). The first-order chi connectivity index (χ1) is 17.6. The highest BCUT2D eigenvalue weighted by atomic mass is 16.6. The van der Waals surface area contributed by atoms with Crippen LogP contribution in [0.2, 0.25) is 0 Å². The molecule has 0 saturated carbocycles. The van der Waals surface area contributed by atoms with Crippen LogP contribution in [0.4, 0.5) is 4.79 Å². The number of imide groups is 1. The van der Waals surface area contributed by atoms with Gasteiger partial charge in [-0.25, -0.2) is 9.69 Å². The first-order valence-electron chi connectivity index (χ1n) is 12.3. The molecule has 3 amide bonds. The number of amides is 3. The van der Waals surface area contributed by atoms with Crippen molar-refractivity contribution >= 4 is 17.9 Å². The number of esters is 1. The number of urea groups is 1. The van der Waals surface area contributed by atoms with Crippen LogP contribution in [0.3, 0.4) is 0 Å². The number of carbonyl (C=O) groups excluding carboxylic acids is 3. The molecule has 0 radical (unpaired) electrons. The fraction of sp³-hybridized carbons (Fsp3) is 0.276. The molecule has 1 atom stereocenters. The second-order valence-electron chi connectivity index (χ2n) is 9.18. The summed E-state index contributed by atoms with van der Waals surface area (Å²) in [5.41, 5.74) is 0.364. The smallest absolute Gasteiger partial charge is 0.328 e. The summed E-state index contributed by atoms with van der Waals surface area (Å²) in [6, 6.07) is 26.6. The highest BCUT2D eigenvalue weighted by molar-refractivity contribution is 6.10. The van der Waals surface area contributed by atoms with Crippen molar-refractivity contribution < 1.29 is 19.1 Å². The van der Waals surface area contributed by atoms with Crippen LogP contribution in [0.5, 0.6) is 0 Å². The van der Waals surface area contributed by atoms with Crippen molar-refractivity contribution in [1.29, 1.82) is 0 Å². The Morgan fingerprint density at radius 1 is 0.806 bits per heavy atom. The quantitative estimate of drug-likeness (QED) is 0.402. The molecule has 0 aromatic heterocycles. The van der Waals surface area contributed by atoms with E-state index in [1.165, 1.54) is 0 Å². The highest BCUT2D eigenvalue weighted by Gasteiger charge is 2.56. The van der Waals surface area contributed by atoms with E-state index in [2.05, 4.69) is 10.2 Å². The van der Waals surface area contributed by atoms with E-state index in [0.29, 0.717) is 16.7 Å². The second-order valence-corrected chi connectivity index (χ2v) is 9.18. The number of piperidine rings is 1. The van der Waals surface area contributed by atoms with Crippen molar-refractivity contribution in [3.63, 3.8) is 0 Å². The molecule has 2 aliphatic heterocycles. The fourth-order valence-corrected chi connectivity index (χ4v) is 5.04. The first-order valence-corrected chi connectivity index (χ1v) is 12.3. The van der Waals surface area contributed by atoms with Gasteiger partial charge in [-0.15, -0.1) is 0 Å². The summed E-state index contributed by atoms with van der Waals surface area (Å²) in [7, 11) is 0. The van der Waals surface area contributed by atoms with E-state index in [4.69, 9.17) is 4.74 Å². The Hall–Kier alpha value is -3.97. The molecule has 2 saturated heterocycles. The Balaban J connectivity index is 1.52. The monoisotopic (exact) mass is 483 g/mol. The van der Waals surface area contributed by atoms with Gasteiger partial charge in [-0.1, -0.05) is 97.4 Å². The number of hydrogen-bond donors (Lipinski definition) is 1. The molecule has 3 aromatic carbocycles. The van der Waals surface area contributed by atoms with Crippen molar-refractivity contribution in [3.05, 3.63) is 108 Å². The van der Waals surface area contributed by atoms with Crippen molar-refractivity contribution in [1.82, 2.24) is 15.1 Å². The Labute approximate surface area is 210 Å². The van der Waals surface area contributed by atoms with Gasteiger partial charge in [0.2, 0.25) is 6.23 Å². The van der Waals surface area contributed by atoms with E-state index in [1.54, 1.807) is 24.3 Å². The van der Waals surface area contributed by atoms with Crippen molar-refractivity contribution in [2.45, 2.75) is 31.0 Å². The summed E-state index contributed by atoms with van der Waals surface area (Å²) < 4.78 is 5.89. The molecule has 2 heterocycles. The van der Waals surface area contributed by atoms with Crippen LogP contribution in [0, 0.1) is 0 Å². The number of nitrogens with zero attached hydrogens (tertiary/aromatic N) is 2. The lowest BCUT2D eigenvalue weighted by Gasteiger charge is -2.31. The summed E-state index contributed by atoms with van der Waals surface area (Å²) in [5, 5.41) is 2.94. The van der Waals surface area contributed by atoms with Gasteiger partial charge >= 0.3 is 12.0 Å². The predicted molar refractivity (Wildman–Crippen MR) is 135 cm³/mol. The predicted octanol–water partition coefficient (Wildman–Crippen LogP) is 4.21. The molecule has 0 aliphatic carbocycles. The van der Waals surface area contributed by atoms with Crippen LogP contribution < -0.4 is 5.32 Å². The van der Waals surface area contributed by atoms with Gasteiger partial charge in [-0.05, 0) is 37.1 Å². The minimum atomic E-state index is -1.44. The molecule has 0 bridgehead atoms. The zero-order valence-electron chi connectivity index (χ0n) is 20.0. The summed E-state index contributed by atoms with van der Waals surface area (Å²) in [4.78, 5) is 43.9. The number of likely N-dealkylation sites (tertiary alicyclic amines) is 1. The number of nitrogens with one attached hydrogen (secondary N) is 1. The lowest BCUT2D eigenvalue weighted by Crippen LogP contribution is -2.45. The largest absolute Gasteiger partial charge is 0.436 e. The number of hydrogen-bond acceptors (Lipinski definition) is 5. The van der Waals surface area contributed by atoms with E-state index < -0.39 is 29.7 Å². The first kappa shape index (κ1) is 23.8. The maximum absolute atomic E-state index is 14.3. The molecule has 0 spiro atoms. The lowest BCUT2D eigenvalue weighted by atomic mass is 9.82. The van der Waals surface area contributed by atoms with Crippen LogP contribution in [0.1, 0.15) is 42.2 Å². The molecule has 2 aliphatic rings. The molecule has 7 nitrogen and oxygen atoms in total. The van der Waals surface area contributed by atoms with E-state index in [-0.39, 0.29) is 6.54 Å². The van der Waals surface area contributed by atoms with E-state index in [1.807, 2.05) is 66.7 Å². The van der Waals surface area contributed by atoms with Crippen LogP contribution in [-0.2, 0) is 19.9 Å². The van der Waals surface area contributed by atoms with Gasteiger partial charge in [0.15, 0.2) is 5.54 Å². The van der Waals surface area contributed by atoms with E-state index >= 15 is 0 Å². The average molecular weight is 484 g/mol. The number of benzene rings is 3. The van der Waals surface area contributed by atoms with Crippen molar-refractivity contribution in [2.24, 2.45) is 0 Å². The van der Waals surface area contributed by atoms with Crippen molar-refractivity contribution in [3.8, 4) is 0 Å². The summed E-state index contributed by atoms with van der Waals surface area (Å²) in [5.74, 6) is -0.965. The number of rotatable bonds is 7. The Bertz CT molecular complexity index is 1170. The summed E-state index contributed by atoms with van der Waals surface area (Å²) in [6.07, 6.45) is 2.05. The van der Waals surface area contributed by atoms with E-state index in [9.17, 15) is 14.4 Å². The topological polar surface area (TPSA) is 79.0 Å². The van der Waals surface area contributed by atoms with Gasteiger partial charge in [0.05, 0.1) is 6.54 Å². The Morgan fingerprint density at radius 3 is 1.89 bits per heavy atom.